The van der Waals surface area contributed by atoms with Gasteiger partial charge in [-0.05, 0) is 49.4 Å². The summed E-state index contributed by atoms with van der Waals surface area (Å²) >= 11 is 0. The first-order valence-electron chi connectivity index (χ1n) is 7.67. The van der Waals surface area contributed by atoms with Crippen LogP contribution < -0.4 is 5.32 Å². The number of nitrogens with zero attached hydrogens (tertiary/aromatic N) is 2. The Bertz CT molecular complexity index is 639. The standard InChI is InChI=1S/C17H21N3O2/c1-12-6-8-20(15(10-12)16-4-3-9-22-16)17(21)19-14-5-7-18-11-13(14)2/h3-5,7,9,11-12,15H,6,8,10H2,1-2H3,(H,18,19,21)/t12-,15+/m1/s1. The van der Waals surface area contributed by atoms with E-state index in [0.29, 0.717) is 5.92 Å². The number of nitrogens with one attached hydrogen (secondary N) is 1. The number of hydrogen-bond donors (Lipinski definition) is 1. The van der Waals surface area contributed by atoms with E-state index in [4.69, 9.17) is 4.42 Å². The Hall–Kier alpha value is -2.30. The van der Waals surface area contributed by atoms with E-state index in [2.05, 4.69) is 17.2 Å². The molecule has 2 atom stereocenters. The number of piperidine rings is 1. The minimum atomic E-state index is -0.0809. The molecule has 0 unspecified atom stereocenters. The molecule has 2 aromatic rings. The van der Waals surface area contributed by atoms with Gasteiger partial charge in [-0.2, -0.15) is 0 Å². The lowest BCUT2D eigenvalue weighted by molar-refractivity contribution is 0.129. The lowest BCUT2D eigenvalue weighted by atomic mass is 9.91. The van der Waals surface area contributed by atoms with Crippen molar-refractivity contribution < 1.29 is 9.21 Å². The molecule has 0 spiro atoms. The molecule has 0 radical (unpaired) electrons. The Morgan fingerprint density at radius 1 is 1.45 bits per heavy atom. The van der Waals surface area contributed by atoms with E-state index in [-0.39, 0.29) is 12.1 Å². The highest BCUT2D eigenvalue weighted by atomic mass is 16.3. The molecule has 3 heterocycles. The predicted octanol–water partition coefficient (Wildman–Crippen LogP) is 3.99. The summed E-state index contributed by atoms with van der Waals surface area (Å²) < 4.78 is 5.54. The molecule has 5 heteroatoms. The molecule has 1 fully saturated rings. The smallest absolute Gasteiger partial charge is 0.322 e. The zero-order valence-electron chi connectivity index (χ0n) is 13.0. The van der Waals surface area contributed by atoms with Crippen LogP contribution in [0.15, 0.2) is 41.3 Å². The molecular formula is C17H21N3O2. The summed E-state index contributed by atoms with van der Waals surface area (Å²) in [5.74, 6) is 1.44. The number of hydrogen-bond acceptors (Lipinski definition) is 3. The number of rotatable bonds is 2. The molecule has 1 saturated heterocycles. The minimum Gasteiger partial charge on any atom is -0.467 e. The van der Waals surface area contributed by atoms with Crippen LogP contribution in [0, 0.1) is 12.8 Å². The van der Waals surface area contributed by atoms with Crippen molar-refractivity contribution in [2.45, 2.75) is 32.7 Å². The van der Waals surface area contributed by atoms with Crippen molar-refractivity contribution in [3.8, 4) is 0 Å². The van der Waals surface area contributed by atoms with Gasteiger partial charge in [0.1, 0.15) is 5.76 Å². The quantitative estimate of drug-likeness (QED) is 0.912. The van der Waals surface area contributed by atoms with Gasteiger partial charge < -0.3 is 14.6 Å². The molecule has 2 aromatic heterocycles. The SMILES string of the molecule is Cc1cnccc1NC(=O)N1CC[C@@H](C)C[C@H]1c1ccco1. The third kappa shape index (κ3) is 2.98. The van der Waals surface area contributed by atoms with Crippen LogP contribution in [0.2, 0.25) is 0 Å². The highest BCUT2D eigenvalue weighted by molar-refractivity contribution is 5.90. The van der Waals surface area contributed by atoms with Crippen LogP contribution in [0.3, 0.4) is 0 Å². The third-order valence-electron chi connectivity index (χ3n) is 4.26. The molecule has 1 aliphatic rings. The van der Waals surface area contributed by atoms with Gasteiger partial charge in [0.05, 0.1) is 12.3 Å². The van der Waals surface area contributed by atoms with Crippen LogP contribution in [0.1, 0.15) is 37.1 Å². The van der Waals surface area contributed by atoms with E-state index in [9.17, 15) is 4.79 Å². The fraction of sp³-hybridized carbons (Fsp3) is 0.412. The number of anilines is 1. The first-order chi connectivity index (χ1) is 10.6. The van der Waals surface area contributed by atoms with Gasteiger partial charge in [0, 0.05) is 24.6 Å². The zero-order chi connectivity index (χ0) is 15.5. The van der Waals surface area contributed by atoms with Crippen molar-refractivity contribution >= 4 is 11.7 Å². The van der Waals surface area contributed by atoms with Crippen LogP contribution >= 0.6 is 0 Å². The number of carbonyl (C=O) groups excluding carboxylic acids is 1. The summed E-state index contributed by atoms with van der Waals surface area (Å²) in [6, 6.07) is 5.56. The second-order valence-electron chi connectivity index (χ2n) is 5.97. The van der Waals surface area contributed by atoms with Crippen LogP contribution in [-0.4, -0.2) is 22.5 Å². The number of amides is 2. The molecular weight excluding hydrogens is 278 g/mol. The molecule has 1 N–H and O–H groups in total. The molecule has 0 bridgehead atoms. The van der Waals surface area contributed by atoms with Crippen molar-refractivity contribution in [2.24, 2.45) is 5.92 Å². The van der Waals surface area contributed by atoms with Gasteiger partial charge in [0.2, 0.25) is 0 Å². The van der Waals surface area contributed by atoms with Crippen molar-refractivity contribution in [3.63, 3.8) is 0 Å². The van der Waals surface area contributed by atoms with E-state index in [1.54, 1.807) is 18.7 Å². The Labute approximate surface area is 130 Å². The third-order valence-corrected chi connectivity index (χ3v) is 4.26. The summed E-state index contributed by atoms with van der Waals surface area (Å²) in [5, 5.41) is 2.99. The molecule has 1 aliphatic heterocycles. The Balaban J connectivity index is 1.79. The average Bonchev–Trinajstić information content (AvgIpc) is 3.03. The van der Waals surface area contributed by atoms with Gasteiger partial charge >= 0.3 is 6.03 Å². The fourth-order valence-electron chi connectivity index (χ4n) is 2.94. The van der Waals surface area contributed by atoms with Crippen molar-refractivity contribution in [2.75, 3.05) is 11.9 Å². The highest BCUT2D eigenvalue weighted by Gasteiger charge is 2.32. The number of carbonyl (C=O) groups is 1. The molecule has 0 saturated carbocycles. The zero-order valence-corrected chi connectivity index (χ0v) is 13.0. The van der Waals surface area contributed by atoms with E-state index >= 15 is 0 Å². The van der Waals surface area contributed by atoms with Crippen LogP contribution in [0.5, 0.6) is 0 Å². The number of aromatic nitrogens is 1. The second kappa shape index (κ2) is 6.22. The Morgan fingerprint density at radius 3 is 3.05 bits per heavy atom. The topological polar surface area (TPSA) is 58.4 Å². The number of furan rings is 1. The van der Waals surface area contributed by atoms with Crippen LogP contribution in [0.25, 0.3) is 0 Å². The first kappa shape index (κ1) is 14.6. The van der Waals surface area contributed by atoms with Gasteiger partial charge in [0.25, 0.3) is 0 Å². The maximum atomic E-state index is 12.7. The number of urea groups is 1. The normalized spacial score (nSPS) is 21.6. The molecule has 5 nitrogen and oxygen atoms in total. The van der Waals surface area contributed by atoms with E-state index in [1.165, 1.54) is 0 Å². The van der Waals surface area contributed by atoms with Gasteiger partial charge in [-0.1, -0.05) is 6.92 Å². The molecule has 0 aromatic carbocycles. The molecule has 22 heavy (non-hydrogen) atoms. The van der Waals surface area contributed by atoms with Gasteiger partial charge in [-0.15, -0.1) is 0 Å². The number of aryl methyl sites for hydroxylation is 1. The fourth-order valence-corrected chi connectivity index (χ4v) is 2.94. The van der Waals surface area contributed by atoms with E-state index in [1.807, 2.05) is 30.0 Å². The molecule has 2 amide bonds. The molecule has 116 valence electrons. The Morgan fingerprint density at radius 2 is 2.32 bits per heavy atom. The maximum Gasteiger partial charge on any atom is 0.322 e. The predicted molar refractivity (Wildman–Crippen MR) is 84.5 cm³/mol. The van der Waals surface area contributed by atoms with Crippen LogP contribution in [-0.2, 0) is 0 Å². The van der Waals surface area contributed by atoms with Crippen molar-refractivity contribution in [1.82, 2.24) is 9.88 Å². The van der Waals surface area contributed by atoms with Gasteiger partial charge in [0.15, 0.2) is 0 Å². The Kier molecular flexibility index (Phi) is 4.13. The van der Waals surface area contributed by atoms with Crippen LogP contribution in [0.4, 0.5) is 10.5 Å². The second-order valence-corrected chi connectivity index (χ2v) is 5.97. The molecule has 3 rings (SSSR count). The van der Waals surface area contributed by atoms with Gasteiger partial charge in [-0.25, -0.2) is 4.79 Å². The van der Waals surface area contributed by atoms with Crippen molar-refractivity contribution in [1.29, 1.82) is 0 Å². The first-order valence-corrected chi connectivity index (χ1v) is 7.67. The van der Waals surface area contributed by atoms with Gasteiger partial charge in [-0.3, -0.25) is 4.98 Å². The lowest BCUT2D eigenvalue weighted by Crippen LogP contribution is -2.42. The monoisotopic (exact) mass is 299 g/mol. The summed E-state index contributed by atoms with van der Waals surface area (Å²) in [6.45, 7) is 4.89. The number of pyridine rings is 1. The summed E-state index contributed by atoms with van der Waals surface area (Å²) in [5.41, 5.74) is 1.76. The summed E-state index contributed by atoms with van der Waals surface area (Å²) in [7, 11) is 0. The average molecular weight is 299 g/mol. The number of likely N-dealkylation sites (tertiary alicyclic amines) is 1. The molecule has 0 aliphatic carbocycles. The largest absolute Gasteiger partial charge is 0.467 e. The highest BCUT2D eigenvalue weighted by Crippen LogP contribution is 2.34. The van der Waals surface area contributed by atoms with E-state index in [0.717, 1.165) is 36.4 Å². The van der Waals surface area contributed by atoms with Crippen molar-refractivity contribution in [3.05, 3.63) is 48.2 Å². The maximum absolute atomic E-state index is 12.7. The lowest BCUT2D eigenvalue weighted by Gasteiger charge is -2.37. The minimum absolute atomic E-state index is 0.000827. The van der Waals surface area contributed by atoms with E-state index < -0.39 is 0 Å². The summed E-state index contributed by atoms with van der Waals surface area (Å²) in [6.07, 6.45) is 7.04. The summed E-state index contributed by atoms with van der Waals surface area (Å²) in [4.78, 5) is 18.6.